The Bertz CT molecular complexity index is 817. The van der Waals surface area contributed by atoms with Crippen molar-refractivity contribution in [3.05, 3.63) is 59.4 Å². The molecule has 2 aromatic carbocycles. The lowest BCUT2D eigenvalue weighted by atomic mass is 10.1. The first-order valence-electron chi connectivity index (χ1n) is 9.17. The molecular weight excluding hydrogens is 331 g/mol. The fraction of sp³-hybridized carbons (Fsp3) is 0.381. The molecule has 4 rings (SSSR count). The molecule has 136 valence electrons. The summed E-state index contributed by atoms with van der Waals surface area (Å²) in [6.07, 6.45) is 3.08. The van der Waals surface area contributed by atoms with Crippen LogP contribution in [0.15, 0.2) is 42.5 Å². The van der Waals surface area contributed by atoms with Gasteiger partial charge in [0, 0.05) is 24.2 Å². The first kappa shape index (κ1) is 17.0. The molecule has 1 amide bonds. The number of nitrogens with zero attached hydrogens (tertiary/aromatic N) is 1. The van der Waals surface area contributed by atoms with Crippen LogP contribution in [0.5, 0.6) is 5.75 Å². The normalized spacial score (nSPS) is 22.2. The maximum absolute atomic E-state index is 13.9. The molecule has 4 nitrogen and oxygen atoms in total. The molecule has 26 heavy (non-hydrogen) atoms. The van der Waals surface area contributed by atoms with Crippen LogP contribution in [-0.4, -0.2) is 29.9 Å². The second-order valence-corrected chi connectivity index (χ2v) is 7.11. The Morgan fingerprint density at radius 1 is 1.19 bits per heavy atom. The number of halogens is 1. The van der Waals surface area contributed by atoms with E-state index in [2.05, 4.69) is 10.2 Å². The maximum Gasteiger partial charge on any atom is 0.221 e. The van der Waals surface area contributed by atoms with Gasteiger partial charge in [0.05, 0.1) is 6.04 Å². The van der Waals surface area contributed by atoms with Gasteiger partial charge in [-0.05, 0) is 62.2 Å². The van der Waals surface area contributed by atoms with Gasteiger partial charge in [-0.15, -0.1) is 0 Å². The number of carbonyl (C=O) groups excluding carboxylic acids is 1. The van der Waals surface area contributed by atoms with Crippen molar-refractivity contribution in [3.63, 3.8) is 0 Å². The van der Waals surface area contributed by atoms with Crippen LogP contribution in [0.1, 0.15) is 37.0 Å². The number of nitrogens with one attached hydrogen (secondary N) is 1. The van der Waals surface area contributed by atoms with E-state index in [1.807, 2.05) is 30.3 Å². The third-order valence-corrected chi connectivity index (χ3v) is 5.22. The molecule has 1 heterocycles. The molecule has 1 N–H and O–H groups in total. The molecule has 1 saturated heterocycles. The van der Waals surface area contributed by atoms with Crippen LogP contribution in [0.2, 0.25) is 0 Å². The van der Waals surface area contributed by atoms with E-state index >= 15 is 0 Å². The van der Waals surface area contributed by atoms with Gasteiger partial charge in [-0.25, -0.2) is 4.39 Å². The molecule has 2 aromatic rings. The standard InChI is InChI=1S/C21H23FN2O2/c1-14(25)23-17-5-4-6-18(13-17)26-21-19-12-16(22)8-7-15(19)11-20(21)24-9-2-3-10-24/h4-8,12-13,20-21H,2-3,9-11H2,1H3,(H,23,25)/t20-,21-/m0/s1. The van der Waals surface area contributed by atoms with E-state index in [-0.39, 0.29) is 23.9 Å². The number of fused-ring (bicyclic) bond motifs is 1. The van der Waals surface area contributed by atoms with Crippen LogP contribution in [0.4, 0.5) is 10.1 Å². The summed E-state index contributed by atoms with van der Waals surface area (Å²) in [5.41, 5.74) is 2.79. The average molecular weight is 354 g/mol. The summed E-state index contributed by atoms with van der Waals surface area (Å²) in [5.74, 6) is 0.333. The summed E-state index contributed by atoms with van der Waals surface area (Å²) in [4.78, 5) is 13.8. The van der Waals surface area contributed by atoms with Gasteiger partial charge < -0.3 is 10.1 Å². The third-order valence-electron chi connectivity index (χ3n) is 5.22. The van der Waals surface area contributed by atoms with Crippen molar-refractivity contribution in [3.8, 4) is 5.75 Å². The van der Waals surface area contributed by atoms with Gasteiger partial charge in [-0.1, -0.05) is 12.1 Å². The number of benzene rings is 2. The first-order valence-corrected chi connectivity index (χ1v) is 9.17. The second-order valence-electron chi connectivity index (χ2n) is 7.11. The SMILES string of the molecule is CC(=O)Nc1cccc(O[C@H]2c3cc(F)ccc3C[C@@H]2N2CCCC2)c1. The molecule has 0 unspecified atom stereocenters. The summed E-state index contributed by atoms with van der Waals surface area (Å²) in [5, 5.41) is 2.78. The predicted octanol–water partition coefficient (Wildman–Crippen LogP) is 3.92. The minimum atomic E-state index is -0.230. The average Bonchev–Trinajstić information content (AvgIpc) is 3.23. The van der Waals surface area contributed by atoms with Gasteiger partial charge in [0.25, 0.3) is 0 Å². The van der Waals surface area contributed by atoms with Crippen molar-refractivity contribution in [2.45, 2.75) is 38.3 Å². The van der Waals surface area contributed by atoms with Gasteiger partial charge in [-0.2, -0.15) is 0 Å². The van der Waals surface area contributed by atoms with Crippen LogP contribution >= 0.6 is 0 Å². The fourth-order valence-electron chi connectivity index (χ4n) is 4.09. The highest BCUT2D eigenvalue weighted by Gasteiger charge is 2.39. The lowest BCUT2D eigenvalue weighted by Gasteiger charge is -2.30. The van der Waals surface area contributed by atoms with E-state index in [4.69, 9.17) is 4.74 Å². The molecule has 1 aliphatic heterocycles. The van der Waals surface area contributed by atoms with Crippen molar-refractivity contribution in [2.24, 2.45) is 0 Å². The summed E-state index contributed by atoms with van der Waals surface area (Å²) in [7, 11) is 0. The van der Waals surface area contributed by atoms with Gasteiger partial charge >= 0.3 is 0 Å². The molecule has 1 fully saturated rings. The Morgan fingerprint density at radius 2 is 2.00 bits per heavy atom. The third kappa shape index (κ3) is 3.44. The van der Waals surface area contributed by atoms with Gasteiger partial charge in [0.15, 0.2) is 0 Å². The molecule has 0 bridgehead atoms. The van der Waals surface area contributed by atoms with Crippen LogP contribution in [0.25, 0.3) is 0 Å². The zero-order chi connectivity index (χ0) is 18.1. The number of hydrogen-bond donors (Lipinski definition) is 1. The molecule has 5 heteroatoms. The highest BCUT2D eigenvalue weighted by atomic mass is 19.1. The first-order chi connectivity index (χ1) is 12.6. The number of likely N-dealkylation sites (tertiary alicyclic amines) is 1. The lowest BCUT2D eigenvalue weighted by molar-refractivity contribution is -0.114. The number of amides is 1. The van der Waals surface area contributed by atoms with E-state index in [1.165, 1.54) is 25.8 Å². The lowest BCUT2D eigenvalue weighted by Crippen LogP contribution is -2.38. The van der Waals surface area contributed by atoms with Gasteiger partial charge in [0.1, 0.15) is 17.7 Å². The highest BCUT2D eigenvalue weighted by Crippen LogP contribution is 2.39. The quantitative estimate of drug-likeness (QED) is 0.905. The van der Waals surface area contributed by atoms with Crippen LogP contribution < -0.4 is 10.1 Å². The number of hydrogen-bond acceptors (Lipinski definition) is 3. The minimum absolute atomic E-state index is 0.120. The monoisotopic (exact) mass is 354 g/mol. The van der Waals surface area contributed by atoms with Crippen molar-refractivity contribution in [1.82, 2.24) is 4.90 Å². The van der Waals surface area contributed by atoms with Crippen LogP contribution in [0, 0.1) is 5.82 Å². The molecular formula is C21H23FN2O2. The number of ether oxygens (including phenoxy) is 1. The maximum atomic E-state index is 13.9. The molecule has 2 aliphatic rings. The summed E-state index contributed by atoms with van der Waals surface area (Å²) < 4.78 is 20.2. The van der Waals surface area contributed by atoms with Gasteiger partial charge in [-0.3, -0.25) is 9.69 Å². The Kier molecular flexibility index (Phi) is 4.64. The van der Waals surface area contributed by atoms with Crippen molar-refractivity contribution in [1.29, 1.82) is 0 Å². The molecule has 2 atom stereocenters. The zero-order valence-corrected chi connectivity index (χ0v) is 14.9. The van der Waals surface area contributed by atoms with Crippen LogP contribution in [-0.2, 0) is 11.2 Å². The second kappa shape index (κ2) is 7.08. The van der Waals surface area contributed by atoms with E-state index in [0.717, 1.165) is 30.6 Å². The fourth-order valence-corrected chi connectivity index (χ4v) is 4.09. The molecule has 0 aromatic heterocycles. The predicted molar refractivity (Wildman–Crippen MR) is 98.8 cm³/mol. The Balaban J connectivity index is 1.63. The largest absolute Gasteiger partial charge is 0.484 e. The summed E-state index contributed by atoms with van der Waals surface area (Å²) in [6.45, 7) is 3.60. The number of carbonyl (C=O) groups is 1. The van der Waals surface area contributed by atoms with Gasteiger partial charge in [0.2, 0.25) is 5.91 Å². The number of anilines is 1. The Morgan fingerprint density at radius 3 is 2.77 bits per heavy atom. The van der Waals surface area contributed by atoms with E-state index in [0.29, 0.717) is 11.4 Å². The molecule has 0 spiro atoms. The molecule has 0 saturated carbocycles. The van der Waals surface area contributed by atoms with E-state index in [1.54, 1.807) is 6.07 Å². The summed E-state index contributed by atoms with van der Waals surface area (Å²) >= 11 is 0. The van der Waals surface area contributed by atoms with E-state index in [9.17, 15) is 9.18 Å². The Hall–Kier alpha value is -2.40. The highest BCUT2D eigenvalue weighted by molar-refractivity contribution is 5.88. The zero-order valence-electron chi connectivity index (χ0n) is 14.9. The molecule has 0 radical (unpaired) electrons. The molecule has 1 aliphatic carbocycles. The summed E-state index contributed by atoms with van der Waals surface area (Å²) in [6, 6.07) is 12.6. The van der Waals surface area contributed by atoms with Crippen molar-refractivity contribution >= 4 is 11.6 Å². The van der Waals surface area contributed by atoms with Crippen LogP contribution in [0.3, 0.4) is 0 Å². The van der Waals surface area contributed by atoms with Crippen molar-refractivity contribution < 1.29 is 13.9 Å². The smallest absolute Gasteiger partial charge is 0.221 e. The number of rotatable bonds is 4. The topological polar surface area (TPSA) is 41.6 Å². The Labute approximate surface area is 153 Å². The minimum Gasteiger partial charge on any atom is -0.484 e. The van der Waals surface area contributed by atoms with Crippen molar-refractivity contribution in [2.75, 3.05) is 18.4 Å². The van der Waals surface area contributed by atoms with E-state index < -0.39 is 0 Å².